The van der Waals surface area contributed by atoms with Crippen molar-refractivity contribution in [1.82, 2.24) is 4.57 Å². The van der Waals surface area contributed by atoms with Crippen LogP contribution in [0.1, 0.15) is 31.0 Å². The van der Waals surface area contributed by atoms with E-state index in [-0.39, 0.29) is 22.3 Å². The Balaban J connectivity index is 2.01. The number of nitro benzene ring substituents is 1. The van der Waals surface area contributed by atoms with Gasteiger partial charge >= 0.3 is 11.7 Å². The Morgan fingerprint density at radius 1 is 1.27 bits per heavy atom. The second-order valence-electron chi connectivity index (χ2n) is 7.88. The lowest BCUT2D eigenvalue weighted by Gasteiger charge is -2.26. The molecule has 0 radical (unpaired) electrons. The third-order valence-corrected chi connectivity index (χ3v) is 6.76. The van der Waals surface area contributed by atoms with E-state index in [1.54, 1.807) is 32.0 Å². The normalized spacial score (nSPS) is 15.1. The van der Waals surface area contributed by atoms with Crippen LogP contribution in [0.15, 0.2) is 57.5 Å². The van der Waals surface area contributed by atoms with Gasteiger partial charge in [0.05, 0.1) is 41.6 Å². The van der Waals surface area contributed by atoms with Gasteiger partial charge < -0.3 is 19.3 Å². The minimum atomic E-state index is -0.933. The number of carbonyl (C=O) groups excluding carboxylic acids is 1. The number of phenols is 1. The van der Waals surface area contributed by atoms with E-state index in [2.05, 4.69) is 4.99 Å². The number of aromatic hydroxyl groups is 1. The number of fused-ring (bicyclic) bond motifs is 1. The standard InChI is InChI=1S/C25H23N3O8S/c1-5-36-24(31)20-13(2)26-25-27(21(20)16-10-9-15(34-3)12-18(16)35-4)23(30)19(37-25)11-14-7-6-8-17(22(14)29)28(32)33/h6-12,21,29H,5H2,1-4H3/b19-11+/t21-/m1/s1. The smallest absolute Gasteiger partial charge is 0.338 e. The van der Waals surface area contributed by atoms with E-state index in [1.807, 2.05) is 0 Å². The van der Waals surface area contributed by atoms with Gasteiger partial charge in [0, 0.05) is 23.3 Å². The Bertz CT molecular complexity index is 1620. The second-order valence-corrected chi connectivity index (χ2v) is 8.89. The maximum absolute atomic E-state index is 13.7. The quantitative estimate of drug-likeness (QED) is 0.282. The number of hydrogen-bond acceptors (Lipinski definition) is 10. The number of ether oxygens (including phenoxy) is 3. The minimum Gasteiger partial charge on any atom is -0.502 e. The predicted octanol–water partition coefficient (Wildman–Crippen LogP) is 2.43. The molecule has 1 N–H and O–H groups in total. The molecule has 1 aliphatic rings. The summed E-state index contributed by atoms with van der Waals surface area (Å²) in [6, 6.07) is 8.13. The van der Waals surface area contributed by atoms with E-state index >= 15 is 0 Å². The number of hydrogen-bond donors (Lipinski definition) is 1. The predicted molar refractivity (Wildman–Crippen MR) is 135 cm³/mol. The van der Waals surface area contributed by atoms with Crippen LogP contribution < -0.4 is 24.4 Å². The summed E-state index contributed by atoms with van der Waals surface area (Å²) in [4.78, 5) is 42.1. The molecule has 0 saturated carbocycles. The molecule has 4 rings (SSSR count). The molecule has 0 fully saturated rings. The minimum absolute atomic E-state index is 0.0966. The topological polar surface area (TPSA) is 142 Å². The number of methoxy groups -OCH3 is 2. The molecule has 1 aromatic heterocycles. The maximum Gasteiger partial charge on any atom is 0.338 e. The molecular formula is C25H23N3O8S. The number of nitro groups is 1. The van der Waals surface area contributed by atoms with Crippen LogP contribution >= 0.6 is 11.3 Å². The zero-order valence-electron chi connectivity index (χ0n) is 20.4. The molecule has 0 amide bonds. The van der Waals surface area contributed by atoms with Crippen LogP contribution in [-0.4, -0.2) is 41.4 Å². The molecule has 0 aliphatic carbocycles. The van der Waals surface area contributed by atoms with Crippen LogP contribution in [-0.2, 0) is 9.53 Å². The van der Waals surface area contributed by atoms with Gasteiger partial charge in [0.25, 0.3) is 5.56 Å². The molecule has 0 spiro atoms. The lowest BCUT2D eigenvalue weighted by atomic mass is 9.95. The molecular weight excluding hydrogens is 502 g/mol. The SMILES string of the molecule is CCOC(=O)C1=C(C)N=c2s/c(=C/c3cccc([N+](=O)[O-])c3O)c(=O)n2[C@@H]1c1ccc(OC)cc1OC. The highest BCUT2D eigenvalue weighted by Crippen LogP contribution is 2.37. The van der Waals surface area contributed by atoms with Gasteiger partial charge in [-0.2, -0.15) is 0 Å². The molecule has 0 unspecified atom stereocenters. The molecule has 37 heavy (non-hydrogen) atoms. The van der Waals surface area contributed by atoms with Crippen molar-refractivity contribution in [2.45, 2.75) is 19.9 Å². The summed E-state index contributed by atoms with van der Waals surface area (Å²) in [7, 11) is 2.97. The van der Waals surface area contributed by atoms with Gasteiger partial charge in [-0.3, -0.25) is 19.5 Å². The van der Waals surface area contributed by atoms with Crippen molar-refractivity contribution in [2.75, 3.05) is 20.8 Å². The summed E-state index contributed by atoms with van der Waals surface area (Å²) in [6.45, 7) is 3.45. The zero-order valence-corrected chi connectivity index (χ0v) is 21.2. The Morgan fingerprint density at radius 2 is 2.03 bits per heavy atom. The fourth-order valence-electron chi connectivity index (χ4n) is 4.08. The van der Waals surface area contributed by atoms with Crippen molar-refractivity contribution in [2.24, 2.45) is 4.99 Å². The third-order valence-electron chi connectivity index (χ3n) is 5.78. The first-order valence-corrected chi connectivity index (χ1v) is 11.9. The van der Waals surface area contributed by atoms with E-state index in [1.165, 1.54) is 43.1 Å². The highest BCUT2D eigenvalue weighted by atomic mass is 32.1. The van der Waals surface area contributed by atoms with E-state index in [4.69, 9.17) is 14.2 Å². The molecule has 2 aromatic carbocycles. The highest BCUT2D eigenvalue weighted by molar-refractivity contribution is 7.07. The third kappa shape index (κ3) is 4.58. The van der Waals surface area contributed by atoms with Crippen molar-refractivity contribution < 1.29 is 29.0 Å². The number of nitrogens with zero attached hydrogens (tertiary/aromatic N) is 3. The molecule has 2 heterocycles. The lowest BCUT2D eigenvalue weighted by Crippen LogP contribution is -2.40. The summed E-state index contributed by atoms with van der Waals surface area (Å²) in [5.41, 5.74) is 0.148. The molecule has 11 nitrogen and oxygen atoms in total. The van der Waals surface area contributed by atoms with Gasteiger partial charge in [0.15, 0.2) is 4.80 Å². The van der Waals surface area contributed by atoms with Crippen LogP contribution in [0, 0.1) is 10.1 Å². The van der Waals surface area contributed by atoms with Gasteiger partial charge in [-0.15, -0.1) is 0 Å². The molecule has 0 bridgehead atoms. The number of aromatic nitrogens is 1. The number of rotatable bonds is 7. The zero-order chi connectivity index (χ0) is 26.9. The second kappa shape index (κ2) is 10.3. The van der Waals surface area contributed by atoms with Gasteiger partial charge in [0.2, 0.25) is 5.75 Å². The van der Waals surface area contributed by atoms with Gasteiger partial charge in [-0.25, -0.2) is 9.79 Å². The molecule has 1 aliphatic heterocycles. The van der Waals surface area contributed by atoms with Crippen LogP contribution in [0.5, 0.6) is 17.2 Å². The molecule has 1 atom stereocenters. The fraction of sp³-hybridized carbons (Fsp3) is 0.240. The average Bonchev–Trinajstić information content (AvgIpc) is 3.18. The number of allylic oxidation sites excluding steroid dienone is 1. The van der Waals surface area contributed by atoms with E-state index in [0.29, 0.717) is 27.6 Å². The van der Waals surface area contributed by atoms with E-state index < -0.39 is 33.9 Å². The number of esters is 1. The summed E-state index contributed by atoms with van der Waals surface area (Å²) >= 11 is 1.03. The van der Waals surface area contributed by atoms with Crippen LogP contribution in [0.4, 0.5) is 5.69 Å². The molecule has 192 valence electrons. The number of thiazole rings is 1. The summed E-state index contributed by atoms with van der Waals surface area (Å²) in [6.07, 6.45) is 1.36. The van der Waals surface area contributed by atoms with Crippen molar-refractivity contribution >= 4 is 29.1 Å². The monoisotopic (exact) mass is 525 g/mol. The Labute approximate surface area is 214 Å². The van der Waals surface area contributed by atoms with Gasteiger partial charge in [-0.1, -0.05) is 23.5 Å². The Hall–Kier alpha value is -4.45. The number of para-hydroxylation sites is 1. The van der Waals surface area contributed by atoms with E-state index in [9.17, 15) is 24.8 Å². The van der Waals surface area contributed by atoms with Crippen molar-refractivity contribution in [1.29, 1.82) is 0 Å². The summed E-state index contributed by atoms with van der Waals surface area (Å²) in [5, 5.41) is 21.6. The van der Waals surface area contributed by atoms with Gasteiger partial charge in [0.1, 0.15) is 17.5 Å². The largest absolute Gasteiger partial charge is 0.502 e. The number of carbonyl (C=O) groups is 1. The van der Waals surface area contributed by atoms with E-state index in [0.717, 1.165) is 11.3 Å². The summed E-state index contributed by atoms with van der Waals surface area (Å²) in [5.74, 6) is -0.286. The van der Waals surface area contributed by atoms with Crippen molar-refractivity contribution in [3.63, 3.8) is 0 Å². The van der Waals surface area contributed by atoms with Crippen molar-refractivity contribution in [3.05, 3.63) is 88.6 Å². The Kier molecular flexibility index (Phi) is 7.11. The highest BCUT2D eigenvalue weighted by Gasteiger charge is 2.35. The molecule has 3 aromatic rings. The first-order valence-electron chi connectivity index (χ1n) is 11.1. The van der Waals surface area contributed by atoms with Gasteiger partial charge in [-0.05, 0) is 32.1 Å². The van der Waals surface area contributed by atoms with Crippen LogP contribution in [0.2, 0.25) is 0 Å². The van der Waals surface area contributed by atoms with Crippen LogP contribution in [0.3, 0.4) is 0 Å². The first-order chi connectivity index (χ1) is 17.7. The number of benzene rings is 2. The first kappa shape index (κ1) is 25.6. The maximum atomic E-state index is 13.7. The Morgan fingerprint density at radius 3 is 2.68 bits per heavy atom. The molecule has 12 heteroatoms. The van der Waals surface area contributed by atoms with Crippen LogP contribution in [0.25, 0.3) is 6.08 Å². The summed E-state index contributed by atoms with van der Waals surface area (Å²) < 4.78 is 17.7. The lowest BCUT2D eigenvalue weighted by molar-refractivity contribution is -0.385. The fourth-order valence-corrected chi connectivity index (χ4v) is 5.12. The van der Waals surface area contributed by atoms with Crippen molar-refractivity contribution in [3.8, 4) is 17.2 Å². The molecule has 0 saturated heterocycles. The number of phenolic OH excluding ortho intramolecular Hbond substituents is 1. The average molecular weight is 526 g/mol.